The number of carboxylic acids is 1. The molecule has 0 radical (unpaired) electrons. The third-order valence-electron chi connectivity index (χ3n) is 2.19. The first-order valence-corrected chi connectivity index (χ1v) is 4.99. The van der Waals surface area contributed by atoms with Crippen molar-refractivity contribution >= 4 is 33.1 Å². The molecule has 1 aromatic carbocycles. The average molecular weight is 207 g/mol. The maximum atomic E-state index is 10.8. The van der Waals surface area contributed by atoms with Gasteiger partial charge in [0, 0.05) is 10.1 Å². The number of carbonyl (C=O) groups is 1. The Morgan fingerprint density at radius 3 is 2.86 bits per heavy atom. The molecule has 3 nitrogen and oxygen atoms in total. The fraction of sp³-hybridized carbons (Fsp3) is 0.100. The third-order valence-corrected chi connectivity index (χ3v) is 3.26. The molecule has 0 aliphatic rings. The number of fused-ring (bicyclic) bond motifs is 1. The normalized spacial score (nSPS) is 10.6. The van der Waals surface area contributed by atoms with E-state index in [2.05, 4.69) is 0 Å². The van der Waals surface area contributed by atoms with Crippen molar-refractivity contribution in [3.63, 3.8) is 0 Å². The van der Waals surface area contributed by atoms with E-state index in [1.54, 1.807) is 23.5 Å². The molecule has 0 bridgehead atoms. The van der Waals surface area contributed by atoms with Gasteiger partial charge in [-0.2, -0.15) is 0 Å². The number of anilines is 1. The number of rotatable bonds is 1. The molecule has 0 fully saturated rings. The van der Waals surface area contributed by atoms with Gasteiger partial charge in [0.2, 0.25) is 0 Å². The van der Waals surface area contributed by atoms with Crippen molar-refractivity contribution in [2.24, 2.45) is 0 Å². The third kappa shape index (κ3) is 1.15. The van der Waals surface area contributed by atoms with Crippen LogP contribution in [0.4, 0.5) is 5.69 Å². The molecule has 0 atom stereocenters. The Balaban J connectivity index is 2.86. The lowest BCUT2D eigenvalue weighted by Gasteiger charge is -2.02. The second-order valence-electron chi connectivity index (χ2n) is 3.12. The fourth-order valence-electron chi connectivity index (χ4n) is 1.50. The first-order chi connectivity index (χ1) is 6.61. The second-order valence-corrected chi connectivity index (χ2v) is 4.04. The van der Waals surface area contributed by atoms with Gasteiger partial charge in [0.25, 0.3) is 0 Å². The molecule has 0 aliphatic heterocycles. The van der Waals surface area contributed by atoms with Gasteiger partial charge in [0.1, 0.15) is 0 Å². The highest BCUT2D eigenvalue weighted by molar-refractivity contribution is 7.17. The molecule has 72 valence electrons. The van der Waals surface area contributed by atoms with E-state index in [0.29, 0.717) is 5.69 Å². The summed E-state index contributed by atoms with van der Waals surface area (Å²) in [6.45, 7) is 1.93. The fourth-order valence-corrected chi connectivity index (χ4v) is 2.46. The molecule has 2 rings (SSSR count). The number of benzene rings is 1. The Hall–Kier alpha value is -1.55. The summed E-state index contributed by atoms with van der Waals surface area (Å²) in [7, 11) is 0. The van der Waals surface area contributed by atoms with Crippen molar-refractivity contribution in [3.05, 3.63) is 28.6 Å². The number of carboxylic acid groups (broad SMARTS) is 1. The molecule has 2 aromatic rings. The van der Waals surface area contributed by atoms with Gasteiger partial charge in [0.05, 0.1) is 11.3 Å². The maximum absolute atomic E-state index is 10.8. The van der Waals surface area contributed by atoms with Gasteiger partial charge in [0.15, 0.2) is 0 Å². The smallest absolute Gasteiger partial charge is 0.337 e. The van der Waals surface area contributed by atoms with E-state index in [1.807, 2.05) is 12.3 Å². The zero-order valence-corrected chi connectivity index (χ0v) is 8.39. The number of nitrogen functional groups attached to an aromatic ring is 1. The zero-order valence-electron chi connectivity index (χ0n) is 7.57. The van der Waals surface area contributed by atoms with Gasteiger partial charge in [-0.25, -0.2) is 4.79 Å². The molecule has 3 N–H and O–H groups in total. The van der Waals surface area contributed by atoms with E-state index >= 15 is 0 Å². The van der Waals surface area contributed by atoms with Gasteiger partial charge in [-0.3, -0.25) is 0 Å². The first-order valence-electron chi connectivity index (χ1n) is 4.11. The van der Waals surface area contributed by atoms with Crippen LogP contribution in [0, 0.1) is 6.92 Å². The van der Waals surface area contributed by atoms with Crippen molar-refractivity contribution in [3.8, 4) is 0 Å². The molecule has 0 amide bonds. The lowest BCUT2D eigenvalue weighted by Crippen LogP contribution is -2.02. The Labute approximate surface area is 84.8 Å². The van der Waals surface area contributed by atoms with Gasteiger partial charge >= 0.3 is 5.97 Å². The maximum Gasteiger partial charge on any atom is 0.337 e. The number of aryl methyl sites for hydroxylation is 1. The second kappa shape index (κ2) is 2.99. The van der Waals surface area contributed by atoms with Gasteiger partial charge in [-0.05, 0) is 30.0 Å². The molecule has 1 aromatic heterocycles. The predicted octanol–water partition coefficient (Wildman–Crippen LogP) is 2.49. The minimum atomic E-state index is -0.977. The summed E-state index contributed by atoms with van der Waals surface area (Å²) in [5.74, 6) is -0.977. The SMILES string of the molecule is Cc1csc2ccc(C(=O)O)c(N)c12. The largest absolute Gasteiger partial charge is 0.478 e. The molecule has 0 unspecified atom stereocenters. The van der Waals surface area contributed by atoms with Crippen LogP contribution in [0.3, 0.4) is 0 Å². The Morgan fingerprint density at radius 2 is 2.21 bits per heavy atom. The van der Waals surface area contributed by atoms with Crippen LogP contribution >= 0.6 is 11.3 Å². The minimum Gasteiger partial charge on any atom is -0.478 e. The summed E-state index contributed by atoms with van der Waals surface area (Å²) in [5, 5.41) is 11.7. The van der Waals surface area contributed by atoms with Crippen LogP contribution in [0.25, 0.3) is 10.1 Å². The Morgan fingerprint density at radius 1 is 1.50 bits per heavy atom. The first kappa shape index (κ1) is 9.02. The highest BCUT2D eigenvalue weighted by Gasteiger charge is 2.12. The highest BCUT2D eigenvalue weighted by atomic mass is 32.1. The molecule has 4 heteroatoms. The molecular weight excluding hydrogens is 198 g/mol. The van der Waals surface area contributed by atoms with E-state index in [4.69, 9.17) is 10.8 Å². The summed E-state index contributed by atoms with van der Waals surface area (Å²) in [6.07, 6.45) is 0. The lowest BCUT2D eigenvalue weighted by atomic mass is 10.1. The highest BCUT2D eigenvalue weighted by Crippen LogP contribution is 2.32. The molecule has 1 heterocycles. The standard InChI is InChI=1S/C10H9NO2S/c1-5-4-14-7-3-2-6(10(12)13)9(11)8(5)7/h2-4H,11H2,1H3,(H,12,13). The number of hydrogen-bond donors (Lipinski definition) is 2. The van der Waals surface area contributed by atoms with Crippen LogP contribution < -0.4 is 5.73 Å². The topological polar surface area (TPSA) is 63.3 Å². The quantitative estimate of drug-likeness (QED) is 0.706. The number of nitrogens with two attached hydrogens (primary N) is 1. The van der Waals surface area contributed by atoms with Gasteiger partial charge in [-0.1, -0.05) is 0 Å². The molecule has 14 heavy (non-hydrogen) atoms. The summed E-state index contributed by atoms with van der Waals surface area (Å²) < 4.78 is 1.03. The van der Waals surface area contributed by atoms with Crippen LogP contribution in [0.5, 0.6) is 0 Å². The summed E-state index contributed by atoms with van der Waals surface area (Å²) in [5.41, 5.74) is 7.37. The number of hydrogen-bond acceptors (Lipinski definition) is 3. The minimum absolute atomic E-state index is 0.180. The van der Waals surface area contributed by atoms with E-state index in [1.165, 1.54) is 0 Å². The Kier molecular flexibility index (Phi) is 1.93. The van der Waals surface area contributed by atoms with Crippen molar-refractivity contribution in [1.29, 1.82) is 0 Å². The van der Waals surface area contributed by atoms with Crippen molar-refractivity contribution in [2.75, 3.05) is 5.73 Å². The van der Waals surface area contributed by atoms with E-state index in [0.717, 1.165) is 15.6 Å². The van der Waals surface area contributed by atoms with E-state index in [9.17, 15) is 4.79 Å². The summed E-state index contributed by atoms with van der Waals surface area (Å²) in [4.78, 5) is 10.8. The van der Waals surface area contributed by atoms with Crippen LogP contribution in [-0.2, 0) is 0 Å². The number of thiophene rings is 1. The van der Waals surface area contributed by atoms with Crippen molar-refractivity contribution < 1.29 is 9.90 Å². The van der Waals surface area contributed by atoms with E-state index < -0.39 is 5.97 Å². The van der Waals surface area contributed by atoms with Gasteiger partial charge < -0.3 is 10.8 Å². The molecule has 0 saturated heterocycles. The zero-order chi connectivity index (χ0) is 10.3. The van der Waals surface area contributed by atoms with Crippen LogP contribution in [0.2, 0.25) is 0 Å². The molecule has 0 aliphatic carbocycles. The molecule has 0 saturated carbocycles. The Bertz CT molecular complexity index is 516. The van der Waals surface area contributed by atoms with Crippen molar-refractivity contribution in [1.82, 2.24) is 0 Å². The van der Waals surface area contributed by atoms with E-state index in [-0.39, 0.29) is 5.56 Å². The lowest BCUT2D eigenvalue weighted by molar-refractivity contribution is 0.0698. The molecule has 0 spiro atoms. The monoisotopic (exact) mass is 207 g/mol. The summed E-state index contributed by atoms with van der Waals surface area (Å²) in [6, 6.07) is 3.35. The van der Waals surface area contributed by atoms with Crippen LogP contribution in [0.15, 0.2) is 17.5 Å². The number of aromatic carboxylic acids is 1. The van der Waals surface area contributed by atoms with Crippen LogP contribution in [0.1, 0.15) is 15.9 Å². The van der Waals surface area contributed by atoms with Crippen LogP contribution in [-0.4, -0.2) is 11.1 Å². The summed E-state index contributed by atoms with van der Waals surface area (Å²) >= 11 is 1.58. The van der Waals surface area contributed by atoms with Gasteiger partial charge in [-0.15, -0.1) is 11.3 Å². The van der Waals surface area contributed by atoms with Crippen molar-refractivity contribution in [2.45, 2.75) is 6.92 Å². The molecular formula is C10H9NO2S. The average Bonchev–Trinajstić information content (AvgIpc) is 2.48. The predicted molar refractivity (Wildman–Crippen MR) is 57.9 cm³/mol.